The normalized spacial score (nSPS) is 9.91. The highest BCUT2D eigenvalue weighted by Crippen LogP contribution is 1.92. The number of hydrogen-bond donors (Lipinski definition) is 3. The molecule has 0 aromatic heterocycles. The Hall–Kier alpha value is -0.610. The summed E-state index contributed by atoms with van der Waals surface area (Å²) in [5.41, 5.74) is 5.23. The van der Waals surface area contributed by atoms with Crippen molar-refractivity contribution in [3.05, 3.63) is 0 Å². The van der Waals surface area contributed by atoms with Crippen LogP contribution in [0.15, 0.2) is 0 Å². The summed E-state index contributed by atoms with van der Waals surface area (Å²) in [6, 6.07) is 0. The highest BCUT2D eigenvalue weighted by Gasteiger charge is 1.94. The standard InChI is InChI=1S/C7H16N2O2/c8-4-6-9-5-2-1-3-7(10)11/h9H,1-6,8H2,(H,10,11). The highest BCUT2D eigenvalue weighted by molar-refractivity contribution is 5.66. The van der Waals surface area contributed by atoms with Gasteiger partial charge in [-0.1, -0.05) is 0 Å². The second-order valence-electron chi connectivity index (χ2n) is 2.39. The van der Waals surface area contributed by atoms with Gasteiger partial charge >= 0.3 is 5.97 Å². The van der Waals surface area contributed by atoms with Crippen LogP contribution in [0.5, 0.6) is 0 Å². The van der Waals surface area contributed by atoms with Gasteiger partial charge in [0.15, 0.2) is 0 Å². The molecule has 0 atom stereocenters. The van der Waals surface area contributed by atoms with Crippen LogP contribution in [0.3, 0.4) is 0 Å². The van der Waals surface area contributed by atoms with Crippen molar-refractivity contribution >= 4 is 5.97 Å². The number of aliphatic carboxylic acids is 1. The maximum atomic E-state index is 10.0. The first-order valence-corrected chi connectivity index (χ1v) is 3.90. The van der Waals surface area contributed by atoms with Crippen LogP contribution < -0.4 is 11.1 Å². The van der Waals surface area contributed by atoms with E-state index < -0.39 is 5.97 Å². The van der Waals surface area contributed by atoms with Gasteiger partial charge in [-0.15, -0.1) is 0 Å². The molecule has 0 unspecified atom stereocenters. The predicted molar refractivity (Wildman–Crippen MR) is 43.4 cm³/mol. The summed E-state index contributed by atoms with van der Waals surface area (Å²) in [6.45, 7) is 2.32. The molecule has 0 radical (unpaired) electrons. The molecule has 0 aromatic carbocycles. The predicted octanol–water partition coefficient (Wildman–Crippen LogP) is -0.210. The summed E-state index contributed by atoms with van der Waals surface area (Å²) in [5, 5.41) is 11.4. The monoisotopic (exact) mass is 160 g/mol. The molecular weight excluding hydrogens is 144 g/mol. The van der Waals surface area contributed by atoms with Crippen LogP contribution in [0.4, 0.5) is 0 Å². The minimum atomic E-state index is -0.719. The van der Waals surface area contributed by atoms with Gasteiger partial charge in [0.2, 0.25) is 0 Å². The number of nitrogens with two attached hydrogens (primary N) is 1. The van der Waals surface area contributed by atoms with Gasteiger partial charge in [-0.2, -0.15) is 0 Å². The van der Waals surface area contributed by atoms with Crippen LogP contribution in [0.2, 0.25) is 0 Å². The fourth-order valence-corrected chi connectivity index (χ4v) is 0.753. The molecule has 4 heteroatoms. The zero-order valence-corrected chi connectivity index (χ0v) is 6.68. The van der Waals surface area contributed by atoms with Gasteiger partial charge in [0.05, 0.1) is 0 Å². The minimum Gasteiger partial charge on any atom is -0.481 e. The molecule has 11 heavy (non-hydrogen) atoms. The maximum Gasteiger partial charge on any atom is 0.303 e. The van der Waals surface area contributed by atoms with E-state index >= 15 is 0 Å². The van der Waals surface area contributed by atoms with E-state index in [2.05, 4.69) is 5.32 Å². The van der Waals surface area contributed by atoms with Crippen molar-refractivity contribution in [3.8, 4) is 0 Å². The Labute approximate surface area is 66.8 Å². The zero-order chi connectivity index (χ0) is 8.53. The third-order valence-electron chi connectivity index (χ3n) is 1.32. The molecule has 0 heterocycles. The average Bonchev–Trinajstić information content (AvgIpc) is 1.96. The Morgan fingerprint density at radius 1 is 1.36 bits per heavy atom. The van der Waals surface area contributed by atoms with Crippen molar-refractivity contribution in [2.75, 3.05) is 19.6 Å². The van der Waals surface area contributed by atoms with Crippen LogP contribution in [0.25, 0.3) is 0 Å². The topological polar surface area (TPSA) is 75.3 Å². The summed E-state index contributed by atoms with van der Waals surface area (Å²) in [6.07, 6.45) is 1.92. The maximum absolute atomic E-state index is 10.0. The van der Waals surface area contributed by atoms with E-state index in [-0.39, 0.29) is 6.42 Å². The van der Waals surface area contributed by atoms with E-state index in [0.29, 0.717) is 6.54 Å². The lowest BCUT2D eigenvalue weighted by atomic mass is 10.2. The van der Waals surface area contributed by atoms with Crippen molar-refractivity contribution < 1.29 is 9.90 Å². The third-order valence-corrected chi connectivity index (χ3v) is 1.32. The highest BCUT2D eigenvalue weighted by atomic mass is 16.4. The molecule has 0 saturated heterocycles. The van der Waals surface area contributed by atoms with E-state index in [0.717, 1.165) is 25.9 Å². The number of carboxylic acids is 1. The molecule has 4 N–H and O–H groups in total. The zero-order valence-electron chi connectivity index (χ0n) is 6.68. The van der Waals surface area contributed by atoms with E-state index in [9.17, 15) is 4.79 Å². The Morgan fingerprint density at radius 2 is 2.09 bits per heavy atom. The van der Waals surface area contributed by atoms with Crippen LogP contribution >= 0.6 is 0 Å². The molecule has 0 aromatic rings. The first-order chi connectivity index (χ1) is 5.27. The molecule has 0 aliphatic carbocycles. The first-order valence-electron chi connectivity index (χ1n) is 3.90. The molecule has 0 bridgehead atoms. The number of carbonyl (C=O) groups is 1. The lowest BCUT2D eigenvalue weighted by molar-refractivity contribution is -0.137. The largest absolute Gasteiger partial charge is 0.481 e. The summed E-state index contributed by atoms with van der Waals surface area (Å²) in [5.74, 6) is -0.719. The Morgan fingerprint density at radius 3 is 2.64 bits per heavy atom. The Balaban J connectivity index is 2.85. The first kappa shape index (κ1) is 10.4. The molecule has 66 valence electrons. The second-order valence-corrected chi connectivity index (χ2v) is 2.39. The van der Waals surface area contributed by atoms with E-state index in [4.69, 9.17) is 10.8 Å². The molecular formula is C7H16N2O2. The lowest BCUT2D eigenvalue weighted by Gasteiger charge is -2.00. The third kappa shape index (κ3) is 9.39. The molecule has 0 rings (SSSR count). The van der Waals surface area contributed by atoms with Gasteiger partial charge in [0.1, 0.15) is 0 Å². The van der Waals surface area contributed by atoms with Gasteiger partial charge < -0.3 is 16.2 Å². The number of hydrogen-bond acceptors (Lipinski definition) is 3. The van der Waals surface area contributed by atoms with Crippen LogP contribution in [-0.2, 0) is 4.79 Å². The van der Waals surface area contributed by atoms with Crippen molar-refractivity contribution in [1.29, 1.82) is 0 Å². The molecule has 0 amide bonds. The van der Waals surface area contributed by atoms with Crippen molar-refractivity contribution in [2.45, 2.75) is 19.3 Å². The van der Waals surface area contributed by atoms with Crippen molar-refractivity contribution in [3.63, 3.8) is 0 Å². The van der Waals surface area contributed by atoms with Crippen LogP contribution in [-0.4, -0.2) is 30.7 Å². The fourth-order valence-electron chi connectivity index (χ4n) is 0.753. The molecule has 0 aliphatic heterocycles. The average molecular weight is 160 g/mol. The summed E-state index contributed by atoms with van der Waals surface area (Å²) in [4.78, 5) is 10.0. The summed E-state index contributed by atoms with van der Waals surface area (Å²) >= 11 is 0. The Bertz CT molecular complexity index is 107. The SMILES string of the molecule is NCCNCCCCC(=O)O. The van der Waals surface area contributed by atoms with E-state index in [1.165, 1.54) is 0 Å². The van der Waals surface area contributed by atoms with Crippen LogP contribution in [0, 0.1) is 0 Å². The molecule has 0 spiro atoms. The second kappa shape index (κ2) is 7.50. The van der Waals surface area contributed by atoms with E-state index in [1.807, 2.05) is 0 Å². The van der Waals surface area contributed by atoms with Gasteiger partial charge in [0, 0.05) is 19.5 Å². The number of unbranched alkanes of at least 4 members (excludes halogenated alkanes) is 1. The molecule has 4 nitrogen and oxygen atoms in total. The van der Waals surface area contributed by atoms with Crippen molar-refractivity contribution in [1.82, 2.24) is 5.32 Å². The minimum absolute atomic E-state index is 0.268. The molecule has 0 saturated carbocycles. The molecule has 0 fully saturated rings. The van der Waals surface area contributed by atoms with E-state index in [1.54, 1.807) is 0 Å². The van der Waals surface area contributed by atoms with Crippen LogP contribution in [0.1, 0.15) is 19.3 Å². The number of nitrogens with one attached hydrogen (secondary N) is 1. The van der Waals surface area contributed by atoms with Gasteiger partial charge in [-0.3, -0.25) is 4.79 Å². The smallest absolute Gasteiger partial charge is 0.303 e. The summed E-state index contributed by atoms with van der Waals surface area (Å²) in [7, 11) is 0. The fraction of sp³-hybridized carbons (Fsp3) is 0.857. The van der Waals surface area contributed by atoms with Gasteiger partial charge in [0.25, 0.3) is 0 Å². The van der Waals surface area contributed by atoms with Gasteiger partial charge in [-0.05, 0) is 19.4 Å². The quantitative estimate of drug-likeness (QED) is 0.450. The lowest BCUT2D eigenvalue weighted by Crippen LogP contribution is -2.23. The van der Waals surface area contributed by atoms with Gasteiger partial charge in [-0.25, -0.2) is 0 Å². The Kier molecular flexibility index (Phi) is 7.08. The number of carboxylic acid groups (broad SMARTS) is 1. The van der Waals surface area contributed by atoms with Crippen molar-refractivity contribution in [2.24, 2.45) is 5.73 Å². The number of rotatable bonds is 7. The summed E-state index contributed by atoms with van der Waals surface area (Å²) < 4.78 is 0. The molecule has 0 aliphatic rings.